The first-order valence-electron chi connectivity index (χ1n) is 8.69. The Balaban J connectivity index is 1.87. The molecular formula is C20H21FN2O3S. The maximum Gasteiger partial charge on any atom is 0.257 e. The van der Waals surface area contributed by atoms with Gasteiger partial charge in [-0.2, -0.15) is 0 Å². The van der Waals surface area contributed by atoms with E-state index in [4.69, 9.17) is 17.0 Å². The Morgan fingerprint density at radius 1 is 1.22 bits per heavy atom. The topological polar surface area (TPSA) is 70.6 Å². The van der Waals surface area contributed by atoms with Crippen molar-refractivity contribution in [3.8, 4) is 0 Å². The number of amides is 1. The molecule has 27 heavy (non-hydrogen) atoms. The molecule has 2 aromatic carbocycles. The SMILES string of the molecule is O=C(NC(=S)N[C@@]1(c2ccccc2F)CCOC[C@@H]1CO)c1ccccc1. The van der Waals surface area contributed by atoms with Crippen molar-refractivity contribution in [1.29, 1.82) is 0 Å². The summed E-state index contributed by atoms with van der Waals surface area (Å²) in [6, 6.07) is 15.1. The quantitative estimate of drug-likeness (QED) is 0.702. The molecule has 0 spiro atoms. The zero-order chi connectivity index (χ0) is 19.3. The van der Waals surface area contributed by atoms with E-state index in [0.29, 0.717) is 24.2 Å². The lowest BCUT2D eigenvalue weighted by molar-refractivity contribution is -0.0322. The van der Waals surface area contributed by atoms with Gasteiger partial charge in [0.25, 0.3) is 5.91 Å². The van der Waals surface area contributed by atoms with Crippen LogP contribution in [-0.4, -0.2) is 35.9 Å². The number of carbonyl (C=O) groups is 1. The van der Waals surface area contributed by atoms with Crippen LogP contribution in [0.3, 0.4) is 0 Å². The smallest absolute Gasteiger partial charge is 0.257 e. The highest BCUT2D eigenvalue weighted by atomic mass is 32.1. The first-order chi connectivity index (χ1) is 13.1. The van der Waals surface area contributed by atoms with Crippen LogP contribution in [0.5, 0.6) is 0 Å². The Hall–Kier alpha value is -2.35. The summed E-state index contributed by atoms with van der Waals surface area (Å²) in [6.07, 6.45) is 0.403. The van der Waals surface area contributed by atoms with Crippen LogP contribution >= 0.6 is 12.2 Å². The van der Waals surface area contributed by atoms with E-state index in [2.05, 4.69) is 10.6 Å². The fourth-order valence-corrected chi connectivity index (χ4v) is 3.70. The minimum atomic E-state index is -0.973. The molecule has 0 aromatic heterocycles. The van der Waals surface area contributed by atoms with Gasteiger partial charge in [-0.1, -0.05) is 36.4 Å². The lowest BCUT2D eigenvalue weighted by Crippen LogP contribution is -2.59. The van der Waals surface area contributed by atoms with Crippen molar-refractivity contribution in [3.05, 3.63) is 71.5 Å². The summed E-state index contributed by atoms with van der Waals surface area (Å²) in [5.41, 5.74) is -0.115. The molecule has 1 amide bonds. The predicted octanol–water partition coefficient (Wildman–Crippen LogP) is 2.35. The molecule has 1 aliphatic rings. The summed E-state index contributed by atoms with van der Waals surface area (Å²) in [6.45, 7) is 0.427. The third-order valence-electron chi connectivity index (χ3n) is 4.83. The third kappa shape index (κ3) is 4.16. The average molecular weight is 388 g/mol. The van der Waals surface area contributed by atoms with Crippen molar-refractivity contribution >= 4 is 23.2 Å². The van der Waals surface area contributed by atoms with Gasteiger partial charge in [-0.25, -0.2) is 4.39 Å². The Labute approximate surface area is 162 Å². The van der Waals surface area contributed by atoms with Crippen LogP contribution < -0.4 is 10.6 Å². The zero-order valence-corrected chi connectivity index (χ0v) is 15.5. The Kier molecular flexibility index (Phi) is 6.15. The molecule has 3 N–H and O–H groups in total. The molecule has 0 radical (unpaired) electrons. The minimum absolute atomic E-state index is 0.0763. The molecule has 142 valence electrons. The summed E-state index contributed by atoms with van der Waals surface area (Å²) in [4.78, 5) is 12.4. The lowest BCUT2D eigenvalue weighted by Gasteiger charge is -2.45. The van der Waals surface area contributed by atoms with E-state index in [1.807, 2.05) is 6.07 Å². The molecule has 1 heterocycles. The Bertz CT molecular complexity index is 818. The van der Waals surface area contributed by atoms with E-state index in [0.717, 1.165) is 0 Å². The highest BCUT2D eigenvalue weighted by Gasteiger charge is 2.45. The largest absolute Gasteiger partial charge is 0.396 e. The van der Waals surface area contributed by atoms with E-state index in [1.165, 1.54) is 6.07 Å². The van der Waals surface area contributed by atoms with Crippen LogP contribution in [0.4, 0.5) is 4.39 Å². The van der Waals surface area contributed by atoms with E-state index in [-0.39, 0.29) is 24.2 Å². The Morgan fingerprint density at radius 2 is 1.93 bits per heavy atom. The minimum Gasteiger partial charge on any atom is -0.396 e. The molecule has 0 aliphatic carbocycles. The molecule has 5 nitrogen and oxygen atoms in total. The van der Waals surface area contributed by atoms with Gasteiger partial charge in [0, 0.05) is 23.7 Å². The van der Waals surface area contributed by atoms with Crippen molar-refractivity contribution in [1.82, 2.24) is 10.6 Å². The van der Waals surface area contributed by atoms with E-state index in [1.54, 1.807) is 42.5 Å². The predicted molar refractivity (Wildman–Crippen MR) is 104 cm³/mol. The summed E-state index contributed by atoms with van der Waals surface area (Å²) in [5, 5.41) is 15.7. The summed E-state index contributed by atoms with van der Waals surface area (Å²) >= 11 is 5.34. The first kappa shape index (κ1) is 19.4. The number of carbonyl (C=O) groups excluding carboxylic acids is 1. The van der Waals surface area contributed by atoms with Crippen LogP contribution in [0.1, 0.15) is 22.3 Å². The summed E-state index contributed by atoms with van der Waals surface area (Å²) < 4.78 is 20.1. The normalized spacial score (nSPS) is 22.1. The highest BCUT2D eigenvalue weighted by Crippen LogP contribution is 2.38. The standard InChI is InChI=1S/C20H21FN2O3S/c21-17-9-5-4-8-16(17)20(10-11-26-13-15(20)12-24)23-19(27)22-18(25)14-6-2-1-3-7-14/h1-9,15,24H,10-13H2,(H2,22,23,25,27)/t15-,20-/m0/s1. The maximum absolute atomic E-state index is 14.6. The summed E-state index contributed by atoms with van der Waals surface area (Å²) in [5.74, 6) is -1.18. The fraction of sp³-hybridized carbons (Fsp3) is 0.300. The molecule has 1 fully saturated rings. The van der Waals surface area contributed by atoms with Crippen molar-refractivity contribution < 1.29 is 19.0 Å². The van der Waals surface area contributed by atoms with E-state index < -0.39 is 17.3 Å². The molecule has 1 aliphatic heterocycles. The second kappa shape index (κ2) is 8.56. The summed E-state index contributed by atoms with van der Waals surface area (Å²) in [7, 11) is 0. The molecule has 2 atom stereocenters. The number of nitrogens with one attached hydrogen (secondary N) is 2. The molecule has 1 saturated heterocycles. The molecule has 0 bridgehead atoms. The monoisotopic (exact) mass is 388 g/mol. The first-order valence-corrected chi connectivity index (χ1v) is 9.10. The van der Waals surface area contributed by atoms with Crippen LogP contribution in [0.2, 0.25) is 0 Å². The van der Waals surface area contributed by atoms with Gasteiger partial charge in [0.1, 0.15) is 5.82 Å². The second-order valence-electron chi connectivity index (χ2n) is 6.43. The maximum atomic E-state index is 14.6. The number of thiocarbonyl (C=S) groups is 1. The van der Waals surface area contributed by atoms with Crippen molar-refractivity contribution in [2.24, 2.45) is 5.92 Å². The number of rotatable bonds is 4. The van der Waals surface area contributed by atoms with Crippen molar-refractivity contribution in [2.75, 3.05) is 19.8 Å². The van der Waals surface area contributed by atoms with Gasteiger partial charge in [0.2, 0.25) is 0 Å². The lowest BCUT2D eigenvalue weighted by atomic mass is 9.74. The van der Waals surface area contributed by atoms with Gasteiger partial charge < -0.3 is 15.2 Å². The third-order valence-corrected chi connectivity index (χ3v) is 5.04. The fourth-order valence-electron chi connectivity index (χ4n) is 3.42. The number of hydrogen-bond acceptors (Lipinski definition) is 4. The number of hydrogen-bond donors (Lipinski definition) is 3. The number of aliphatic hydroxyl groups is 1. The van der Waals surface area contributed by atoms with E-state index in [9.17, 15) is 14.3 Å². The van der Waals surface area contributed by atoms with Crippen LogP contribution in [0.25, 0.3) is 0 Å². The van der Waals surface area contributed by atoms with E-state index >= 15 is 0 Å². The Morgan fingerprint density at radius 3 is 2.63 bits per heavy atom. The van der Waals surface area contributed by atoms with Gasteiger partial charge in [0.05, 0.1) is 18.8 Å². The number of halogens is 1. The van der Waals surface area contributed by atoms with Crippen molar-refractivity contribution in [2.45, 2.75) is 12.0 Å². The van der Waals surface area contributed by atoms with Gasteiger partial charge in [-0.15, -0.1) is 0 Å². The molecule has 0 unspecified atom stereocenters. The highest BCUT2D eigenvalue weighted by molar-refractivity contribution is 7.80. The number of ether oxygens (including phenoxy) is 1. The van der Waals surface area contributed by atoms with Crippen molar-refractivity contribution in [3.63, 3.8) is 0 Å². The number of benzene rings is 2. The molecule has 0 saturated carbocycles. The molecule has 3 rings (SSSR count). The molecular weight excluding hydrogens is 367 g/mol. The van der Waals surface area contributed by atoms with Gasteiger partial charge in [0.15, 0.2) is 5.11 Å². The van der Waals surface area contributed by atoms with Crippen LogP contribution in [0, 0.1) is 11.7 Å². The van der Waals surface area contributed by atoms with Crippen LogP contribution in [-0.2, 0) is 10.3 Å². The average Bonchev–Trinajstić information content (AvgIpc) is 2.69. The molecule has 7 heteroatoms. The molecule has 2 aromatic rings. The van der Waals surface area contributed by atoms with Gasteiger partial charge >= 0.3 is 0 Å². The second-order valence-corrected chi connectivity index (χ2v) is 6.84. The zero-order valence-electron chi connectivity index (χ0n) is 14.7. The number of aliphatic hydroxyl groups excluding tert-OH is 1. The van der Waals surface area contributed by atoms with Crippen LogP contribution in [0.15, 0.2) is 54.6 Å². The van der Waals surface area contributed by atoms with Gasteiger partial charge in [-0.05, 0) is 36.8 Å². The van der Waals surface area contributed by atoms with Gasteiger partial charge in [-0.3, -0.25) is 10.1 Å².